The lowest BCUT2D eigenvalue weighted by molar-refractivity contribution is -0.117. The highest BCUT2D eigenvalue weighted by Crippen LogP contribution is 2.07. The van der Waals surface area contributed by atoms with Gasteiger partial charge >= 0.3 is 0 Å². The number of carbonyl (C=O) groups is 3. The number of hydrogen-bond donors (Lipinski definition) is 5. The molecule has 2 heterocycles. The molecule has 2 aromatic rings. The Balaban J connectivity index is 1.81. The van der Waals surface area contributed by atoms with Crippen molar-refractivity contribution < 1.29 is 19.5 Å². The monoisotopic (exact) mass is 482 g/mol. The first-order chi connectivity index (χ1) is 16.9. The van der Waals surface area contributed by atoms with Crippen molar-refractivity contribution >= 4 is 17.7 Å². The van der Waals surface area contributed by atoms with E-state index in [4.69, 9.17) is 0 Å². The van der Waals surface area contributed by atoms with Gasteiger partial charge in [-0.25, -0.2) is 0 Å². The van der Waals surface area contributed by atoms with Gasteiger partial charge in [0.1, 0.15) is 6.23 Å². The Morgan fingerprint density at radius 1 is 0.857 bits per heavy atom. The maximum absolute atomic E-state index is 12.6. The molecule has 2 atom stereocenters. The first-order valence-electron chi connectivity index (χ1n) is 11.6. The number of pyridine rings is 2. The molecule has 0 aliphatic carbocycles. The molecule has 2 unspecified atom stereocenters. The smallest absolute Gasteiger partial charge is 0.251 e. The van der Waals surface area contributed by atoms with Crippen molar-refractivity contribution in [3.63, 3.8) is 0 Å². The average molecular weight is 483 g/mol. The highest BCUT2D eigenvalue weighted by Gasteiger charge is 2.21. The molecule has 0 fully saturated rings. The van der Waals surface area contributed by atoms with Crippen LogP contribution in [0.25, 0.3) is 0 Å². The predicted octanol–water partition coefficient (Wildman–Crippen LogP) is 1.17. The second-order valence-corrected chi connectivity index (χ2v) is 8.09. The summed E-state index contributed by atoms with van der Waals surface area (Å²) in [4.78, 5) is 44.1. The Bertz CT molecular complexity index is 955. The van der Waals surface area contributed by atoms with E-state index in [2.05, 4.69) is 37.8 Å². The molecule has 0 radical (unpaired) electrons. The minimum absolute atomic E-state index is 0.171. The Hall–Kier alpha value is -3.63. The average Bonchev–Trinajstić information content (AvgIpc) is 2.88. The van der Waals surface area contributed by atoms with Crippen molar-refractivity contribution in [2.45, 2.75) is 44.9 Å². The summed E-state index contributed by atoms with van der Waals surface area (Å²) in [5.74, 6) is -0.683. The summed E-state index contributed by atoms with van der Waals surface area (Å²) in [6.07, 6.45) is 7.66. The fraction of sp³-hybridized carbons (Fsp3) is 0.400. The summed E-state index contributed by atoms with van der Waals surface area (Å²) in [5, 5.41) is 22.1. The van der Waals surface area contributed by atoms with Crippen molar-refractivity contribution in [2.24, 2.45) is 0 Å². The second-order valence-electron chi connectivity index (χ2n) is 8.09. The van der Waals surface area contributed by atoms with Crippen LogP contribution < -0.4 is 21.3 Å². The van der Waals surface area contributed by atoms with Crippen molar-refractivity contribution in [1.82, 2.24) is 31.2 Å². The standard InChI is InChI=1S/C25H34N6O4/c1-18(2)22(32)28-12-5-13-30-25(35)21(31-24(34)20-9-16-27-17-10-20)6-3-4-11-29-23(33)19-7-14-26-15-8-19/h7-10,14-17,21,25,30,35H,1,3-6,11-13H2,2H3,(H,28,32)(H,29,33)(H,31,34). The molecule has 10 heteroatoms. The van der Waals surface area contributed by atoms with Crippen LogP contribution in [0, 0.1) is 0 Å². The second kappa shape index (κ2) is 15.3. The summed E-state index contributed by atoms with van der Waals surface area (Å²) < 4.78 is 0. The zero-order valence-corrected chi connectivity index (χ0v) is 20.0. The van der Waals surface area contributed by atoms with E-state index in [-0.39, 0.29) is 17.7 Å². The van der Waals surface area contributed by atoms with Crippen molar-refractivity contribution in [3.05, 3.63) is 72.3 Å². The Labute approximate surface area is 205 Å². The lowest BCUT2D eigenvalue weighted by Crippen LogP contribution is -2.50. The van der Waals surface area contributed by atoms with E-state index in [1.165, 1.54) is 12.4 Å². The van der Waals surface area contributed by atoms with E-state index in [1.807, 2.05) is 0 Å². The van der Waals surface area contributed by atoms with Gasteiger partial charge in [-0.3, -0.25) is 29.7 Å². The van der Waals surface area contributed by atoms with Gasteiger partial charge < -0.3 is 21.1 Å². The van der Waals surface area contributed by atoms with Gasteiger partial charge in [0.25, 0.3) is 11.8 Å². The molecule has 0 aliphatic rings. The number of unbranched alkanes of at least 4 members (excludes halogenated alkanes) is 1. The summed E-state index contributed by atoms with van der Waals surface area (Å²) in [6, 6.07) is 5.95. The van der Waals surface area contributed by atoms with Gasteiger partial charge in [0.2, 0.25) is 5.91 Å². The lowest BCUT2D eigenvalue weighted by Gasteiger charge is -2.25. The highest BCUT2D eigenvalue weighted by molar-refractivity contribution is 5.94. The van der Waals surface area contributed by atoms with Crippen molar-refractivity contribution in [2.75, 3.05) is 19.6 Å². The van der Waals surface area contributed by atoms with E-state index in [1.54, 1.807) is 43.6 Å². The highest BCUT2D eigenvalue weighted by atomic mass is 16.3. The Morgan fingerprint density at radius 2 is 1.43 bits per heavy atom. The number of rotatable bonds is 15. The van der Waals surface area contributed by atoms with Crippen LogP contribution in [0.3, 0.4) is 0 Å². The van der Waals surface area contributed by atoms with Crippen LogP contribution in [-0.4, -0.2) is 64.7 Å². The number of amides is 3. The number of aromatic nitrogens is 2. The lowest BCUT2D eigenvalue weighted by atomic mass is 10.1. The van der Waals surface area contributed by atoms with Gasteiger partial charge in [-0.2, -0.15) is 0 Å². The molecule has 0 spiro atoms. The normalized spacial score (nSPS) is 12.3. The fourth-order valence-corrected chi connectivity index (χ4v) is 3.19. The van der Waals surface area contributed by atoms with Crippen LogP contribution in [0.2, 0.25) is 0 Å². The van der Waals surface area contributed by atoms with Crippen molar-refractivity contribution in [3.8, 4) is 0 Å². The summed E-state index contributed by atoms with van der Waals surface area (Å²) in [7, 11) is 0. The molecule has 0 aliphatic heterocycles. The first kappa shape index (κ1) is 27.6. The molecule has 2 rings (SSSR count). The van der Waals surface area contributed by atoms with E-state index in [0.29, 0.717) is 62.0 Å². The molecule has 0 saturated carbocycles. The number of nitrogens with one attached hydrogen (secondary N) is 4. The topological polar surface area (TPSA) is 145 Å². The number of nitrogens with zero attached hydrogens (tertiary/aromatic N) is 2. The van der Waals surface area contributed by atoms with Crippen LogP contribution in [0.5, 0.6) is 0 Å². The molecule has 0 saturated heterocycles. The van der Waals surface area contributed by atoms with E-state index < -0.39 is 12.3 Å². The number of carbonyl (C=O) groups excluding carboxylic acids is 3. The predicted molar refractivity (Wildman–Crippen MR) is 132 cm³/mol. The van der Waals surface area contributed by atoms with Gasteiger partial charge in [-0.15, -0.1) is 0 Å². The third-order valence-corrected chi connectivity index (χ3v) is 5.19. The molecule has 0 aromatic carbocycles. The van der Waals surface area contributed by atoms with Gasteiger partial charge in [0.05, 0.1) is 6.04 Å². The Kier molecular flexibility index (Phi) is 12.1. The molecular weight excluding hydrogens is 448 g/mol. The summed E-state index contributed by atoms with van der Waals surface area (Å²) >= 11 is 0. The SMILES string of the molecule is C=C(C)C(=O)NCCCNC(O)C(CCCCNC(=O)c1ccncc1)NC(=O)c1ccncc1. The van der Waals surface area contributed by atoms with Gasteiger partial charge in [-0.1, -0.05) is 6.58 Å². The molecule has 188 valence electrons. The molecule has 35 heavy (non-hydrogen) atoms. The van der Waals surface area contributed by atoms with Crippen molar-refractivity contribution in [1.29, 1.82) is 0 Å². The zero-order chi connectivity index (χ0) is 25.5. The molecule has 2 aromatic heterocycles. The van der Waals surface area contributed by atoms with E-state index in [9.17, 15) is 19.5 Å². The summed E-state index contributed by atoms with van der Waals surface area (Å²) in [5.41, 5.74) is 1.43. The van der Waals surface area contributed by atoms with Gasteiger partial charge in [0, 0.05) is 54.6 Å². The molecule has 0 bridgehead atoms. The minimum Gasteiger partial charge on any atom is -0.376 e. The van der Waals surface area contributed by atoms with E-state index in [0.717, 1.165) is 0 Å². The quantitative estimate of drug-likeness (QED) is 0.145. The zero-order valence-electron chi connectivity index (χ0n) is 20.0. The molecular formula is C25H34N6O4. The number of hydrogen-bond acceptors (Lipinski definition) is 7. The molecule has 5 N–H and O–H groups in total. The number of aliphatic hydroxyl groups is 1. The van der Waals surface area contributed by atoms with Crippen LogP contribution in [0.4, 0.5) is 0 Å². The van der Waals surface area contributed by atoms with Crippen LogP contribution in [0.1, 0.15) is 53.3 Å². The molecule has 10 nitrogen and oxygen atoms in total. The Morgan fingerprint density at radius 3 is 2.03 bits per heavy atom. The third-order valence-electron chi connectivity index (χ3n) is 5.19. The largest absolute Gasteiger partial charge is 0.376 e. The summed E-state index contributed by atoms with van der Waals surface area (Å²) in [6.45, 7) is 6.58. The number of aliphatic hydroxyl groups excluding tert-OH is 1. The maximum atomic E-state index is 12.6. The van der Waals surface area contributed by atoms with E-state index >= 15 is 0 Å². The van der Waals surface area contributed by atoms with Crippen LogP contribution >= 0.6 is 0 Å². The van der Waals surface area contributed by atoms with Gasteiger partial charge in [0.15, 0.2) is 0 Å². The minimum atomic E-state index is -0.982. The van der Waals surface area contributed by atoms with Gasteiger partial charge in [-0.05, 0) is 63.4 Å². The fourth-order valence-electron chi connectivity index (χ4n) is 3.19. The third kappa shape index (κ3) is 10.4. The van der Waals surface area contributed by atoms with Crippen LogP contribution in [0.15, 0.2) is 61.2 Å². The maximum Gasteiger partial charge on any atom is 0.251 e. The molecule has 3 amide bonds. The first-order valence-corrected chi connectivity index (χ1v) is 11.6. The van der Waals surface area contributed by atoms with Crippen LogP contribution in [-0.2, 0) is 4.79 Å².